The number of halogens is 1. The van der Waals surface area contributed by atoms with Gasteiger partial charge in [0.15, 0.2) is 11.5 Å². The zero-order chi connectivity index (χ0) is 13.9. The van der Waals surface area contributed by atoms with Crippen molar-refractivity contribution in [1.29, 1.82) is 0 Å². The normalized spacial score (nSPS) is 16.8. The molecule has 1 heterocycles. The van der Waals surface area contributed by atoms with Crippen LogP contribution in [0.15, 0.2) is 46.9 Å². The third kappa shape index (κ3) is 2.75. The summed E-state index contributed by atoms with van der Waals surface area (Å²) in [4.78, 5) is 0. The standard InChI is InChI=1S/C16H15BrO3/c1-11-9-18-14-8-7-13(15(17)16(14)20-11)19-10-12-5-3-2-4-6-12/h2-8,11H,9-10H2,1H3. The van der Waals surface area contributed by atoms with E-state index in [-0.39, 0.29) is 6.10 Å². The average Bonchev–Trinajstić information content (AvgIpc) is 2.48. The van der Waals surface area contributed by atoms with E-state index in [0.717, 1.165) is 21.5 Å². The Morgan fingerprint density at radius 2 is 2.00 bits per heavy atom. The smallest absolute Gasteiger partial charge is 0.179 e. The summed E-state index contributed by atoms with van der Waals surface area (Å²) in [5, 5.41) is 0. The van der Waals surface area contributed by atoms with Gasteiger partial charge in [0, 0.05) is 0 Å². The molecule has 0 bridgehead atoms. The molecule has 0 aromatic heterocycles. The van der Waals surface area contributed by atoms with Crippen LogP contribution >= 0.6 is 15.9 Å². The van der Waals surface area contributed by atoms with Gasteiger partial charge in [0.05, 0.1) is 0 Å². The van der Waals surface area contributed by atoms with Crippen LogP contribution in [-0.2, 0) is 6.61 Å². The largest absolute Gasteiger partial charge is 0.488 e. The highest BCUT2D eigenvalue weighted by Crippen LogP contribution is 2.44. The Morgan fingerprint density at radius 3 is 2.80 bits per heavy atom. The summed E-state index contributed by atoms with van der Waals surface area (Å²) < 4.78 is 18.1. The first-order valence-corrected chi connectivity index (χ1v) is 7.32. The molecule has 0 N–H and O–H groups in total. The average molecular weight is 335 g/mol. The first-order chi connectivity index (χ1) is 9.74. The molecular formula is C16H15BrO3. The predicted molar refractivity (Wildman–Crippen MR) is 80.5 cm³/mol. The van der Waals surface area contributed by atoms with Gasteiger partial charge in [0.1, 0.15) is 29.5 Å². The quantitative estimate of drug-likeness (QED) is 0.842. The first kappa shape index (κ1) is 13.3. The van der Waals surface area contributed by atoms with Crippen LogP contribution in [-0.4, -0.2) is 12.7 Å². The van der Waals surface area contributed by atoms with E-state index < -0.39 is 0 Å². The molecule has 0 saturated heterocycles. The highest BCUT2D eigenvalue weighted by atomic mass is 79.9. The third-order valence-corrected chi connectivity index (χ3v) is 3.81. The number of hydrogen-bond donors (Lipinski definition) is 0. The monoisotopic (exact) mass is 334 g/mol. The lowest BCUT2D eigenvalue weighted by molar-refractivity contribution is 0.102. The Bertz CT molecular complexity index is 598. The fourth-order valence-corrected chi connectivity index (χ4v) is 2.57. The molecule has 4 heteroatoms. The molecule has 0 saturated carbocycles. The number of fused-ring (bicyclic) bond motifs is 1. The van der Waals surface area contributed by atoms with Crippen LogP contribution in [0.5, 0.6) is 17.2 Å². The van der Waals surface area contributed by atoms with E-state index in [1.54, 1.807) is 0 Å². The zero-order valence-electron chi connectivity index (χ0n) is 11.1. The molecule has 1 atom stereocenters. The second-order valence-electron chi connectivity index (χ2n) is 4.72. The summed E-state index contributed by atoms with van der Waals surface area (Å²) in [6, 6.07) is 13.8. The van der Waals surface area contributed by atoms with Crippen molar-refractivity contribution in [2.45, 2.75) is 19.6 Å². The molecule has 2 aromatic carbocycles. The van der Waals surface area contributed by atoms with Crippen molar-refractivity contribution in [3.05, 3.63) is 52.5 Å². The summed E-state index contributed by atoms with van der Waals surface area (Å²) in [7, 11) is 0. The maximum Gasteiger partial charge on any atom is 0.179 e. The SMILES string of the molecule is CC1COc2ccc(OCc3ccccc3)c(Br)c2O1. The van der Waals surface area contributed by atoms with Gasteiger partial charge in [0.25, 0.3) is 0 Å². The van der Waals surface area contributed by atoms with Gasteiger partial charge in [-0.2, -0.15) is 0 Å². The summed E-state index contributed by atoms with van der Waals surface area (Å²) in [5.41, 5.74) is 1.13. The molecule has 1 aliphatic heterocycles. The van der Waals surface area contributed by atoms with Gasteiger partial charge in [-0.25, -0.2) is 0 Å². The van der Waals surface area contributed by atoms with Crippen molar-refractivity contribution >= 4 is 15.9 Å². The van der Waals surface area contributed by atoms with Crippen molar-refractivity contribution in [3.8, 4) is 17.2 Å². The van der Waals surface area contributed by atoms with E-state index in [4.69, 9.17) is 14.2 Å². The third-order valence-electron chi connectivity index (χ3n) is 3.06. The summed E-state index contributed by atoms with van der Waals surface area (Å²) >= 11 is 3.54. The van der Waals surface area contributed by atoms with Crippen LogP contribution in [0, 0.1) is 0 Å². The molecule has 0 spiro atoms. The van der Waals surface area contributed by atoms with Gasteiger partial charge in [0.2, 0.25) is 0 Å². The van der Waals surface area contributed by atoms with Crippen LogP contribution in [0.4, 0.5) is 0 Å². The minimum absolute atomic E-state index is 0.0446. The molecule has 0 radical (unpaired) electrons. The fraction of sp³-hybridized carbons (Fsp3) is 0.250. The van der Waals surface area contributed by atoms with E-state index in [2.05, 4.69) is 15.9 Å². The molecule has 104 valence electrons. The molecule has 20 heavy (non-hydrogen) atoms. The van der Waals surface area contributed by atoms with Crippen LogP contribution in [0.25, 0.3) is 0 Å². The highest BCUT2D eigenvalue weighted by Gasteiger charge is 2.22. The zero-order valence-corrected chi connectivity index (χ0v) is 12.7. The second kappa shape index (κ2) is 5.75. The van der Waals surface area contributed by atoms with Crippen LogP contribution < -0.4 is 14.2 Å². The van der Waals surface area contributed by atoms with Crippen LogP contribution in [0.3, 0.4) is 0 Å². The van der Waals surface area contributed by atoms with E-state index in [1.165, 1.54) is 0 Å². The van der Waals surface area contributed by atoms with Crippen LogP contribution in [0.1, 0.15) is 12.5 Å². The maximum absolute atomic E-state index is 5.84. The van der Waals surface area contributed by atoms with Crippen LogP contribution in [0.2, 0.25) is 0 Å². The minimum atomic E-state index is 0.0446. The Morgan fingerprint density at radius 1 is 1.20 bits per heavy atom. The van der Waals surface area contributed by atoms with Crippen molar-refractivity contribution in [3.63, 3.8) is 0 Å². The molecule has 0 fully saturated rings. The second-order valence-corrected chi connectivity index (χ2v) is 5.51. The van der Waals surface area contributed by atoms with Crippen molar-refractivity contribution < 1.29 is 14.2 Å². The fourth-order valence-electron chi connectivity index (χ4n) is 2.03. The number of hydrogen-bond acceptors (Lipinski definition) is 3. The molecule has 0 aliphatic carbocycles. The minimum Gasteiger partial charge on any atom is -0.488 e. The van der Waals surface area contributed by atoms with Gasteiger partial charge in [-0.15, -0.1) is 0 Å². The summed E-state index contributed by atoms with van der Waals surface area (Å²) in [6.07, 6.45) is 0.0446. The first-order valence-electron chi connectivity index (χ1n) is 6.52. The molecule has 3 rings (SSSR count). The van der Waals surface area contributed by atoms with Crippen molar-refractivity contribution in [2.75, 3.05) is 6.61 Å². The van der Waals surface area contributed by atoms with Gasteiger partial charge < -0.3 is 14.2 Å². The number of benzene rings is 2. The number of ether oxygens (including phenoxy) is 3. The van der Waals surface area contributed by atoms with Crippen molar-refractivity contribution in [1.82, 2.24) is 0 Å². The van der Waals surface area contributed by atoms with Gasteiger partial charge in [-0.1, -0.05) is 30.3 Å². The lowest BCUT2D eigenvalue weighted by Gasteiger charge is -2.25. The van der Waals surface area contributed by atoms with E-state index in [9.17, 15) is 0 Å². The lowest BCUT2D eigenvalue weighted by Crippen LogP contribution is -2.26. The van der Waals surface area contributed by atoms with E-state index in [1.807, 2.05) is 49.4 Å². The Labute approximate surface area is 126 Å². The van der Waals surface area contributed by atoms with Gasteiger partial charge >= 0.3 is 0 Å². The molecule has 1 unspecified atom stereocenters. The van der Waals surface area contributed by atoms with Gasteiger partial charge in [-0.05, 0) is 40.5 Å². The van der Waals surface area contributed by atoms with Gasteiger partial charge in [-0.3, -0.25) is 0 Å². The topological polar surface area (TPSA) is 27.7 Å². The Kier molecular flexibility index (Phi) is 3.83. The molecule has 3 nitrogen and oxygen atoms in total. The Hall–Kier alpha value is -1.68. The van der Waals surface area contributed by atoms with E-state index >= 15 is 0 Å². The Balaban J connectivity index is 1.79. The predicted octanol–water partition coefficient (Wildman–Crippen LogP) is 4.19. The molecular weight excluding hydrogens is 320 g/mol. The lowest BCUT2D eigenvalue weighted by atomic mass is 10.2. The van der Waals surface area contributed by atoms with E-state index in [0.29, 0.717) is 19.0 Å². The maximum atomic E-state index is 5.84. The molecule has 2 aromatic rings. The molecule has 0 amide bonds. The molecule has 1 aliphatic rings. The summed E-state index contributed by atoms with van der Waals surface area (Å²) in [5.74, 6) is 2.22. The van der Waals surface area contributed by atoms with Crippen molar-refractivity contribution in [2.24, 2.45) is 0 Å². The highest BCUT2D eigenvalue weighted by molar-refractivity contribution is 9.10. The number of rotatable bonds is 3. The summed E-state index contributed by atoms with van der Waals surface area (Å²) in [6.45, 7) is 3.07.